The van der Waals surface area contributed by atoms with Crippen LogP contribution < -0.4 is 0 Å². The number of carboxylic acid groups (broad SMARTS) is 1. The van der Waals surface area contributed by atoms with Crippen molar-refractivity contribution in [3.8, 4) is 45.4 Å². The van der Waals surface area contributed by atoms with Crippen molar-refractivity contribution in [1.29, 1.82) is 0 Å². The van der Waals surface area contributed by atoms with Gasteiger partial charge in [-0.25, -0.2) is 9.97 Å². The van der Waals surface area contributed by atoms with Crippen LogP contribution in [0.15, 0.2) is 72.8 Å². The minimum absolute atomic E-state index is 0. The zero-order valence-corrected chi connectivity index (χ0v) is 19.6. The first-order valence-corrected chi connectivity index (χ1v) is 10.00. The minimum Gasteiger partial charge on any atom is -0.507 e. The molecule has 0 spiro atoms. The van der Waals surface area contributed by atoms with E-state index in [-0.39, 0.29) is 28.6 Å². The van der Waals surface area contributed by atoms with Crippen LogP contribution in [-0.2, 0) is 21.9 Å². The molecule has 33 heavy (non-hydrogen) atoms. The molecule has 0 fully saturated rings. The number of aliphatic carboxylic acids is 1. The van der Waals surface area contributed by atoms with Crippen LogP contribution in [-0.4, -0.2) is 31.3 Å². The topological polar surface area (TPSA) is 104 Å². The van der Waals surface area contributed by atoms with Gasteiger partial charge in [-0.05, 0) is 61.4 Å². The number of aryl methyl sites for hydroxylation is 2. The number of benzene rings is 2. The van der Waals surface area contributed by atoms with E-state index < -0.39 is 5.97 Å². The Morgan fingerprint density at radius 3 is 1.30 bits per heavy atom. The second kappa shape index (κ2) is 11.3. The number of aromatic nitrogens is 2. The van der Waals surface area contributed by atoms with Crippen LogP contribution in [0.2, 0.25) is 0 Å². The van der Waals surface area contributed by atoms with Gasteiger partial charge in [0.1, 0.15) is 11.5 Å². The van der Waals surface area contributed by atoms with Crippen molar-refractivity contribution >= 4 is 5.97 Å². The average Bonchev–Trinajstić information content (AvgIpc) is 2.77. The second-order valence-corrected chi connectivity index (χ2v) is 7.28. The fourth-order valence-electron chi connectivity index (χ4n) is 3.19. The van der Waals surface area contributed by atoms with E-state index in [4.69, 9.17) is 19.9 Å². The normalized spacial score (nSPS) is 9.91. The fraction of sp³-hybridized carbons (Fsp3) is 0.115. The Balaban J connectivity index is 0.000000714. The number of para-hydroxylation sites is 2. The summed E-state index contributed by atoms with van der Waals surface area (Å²) in [4.78, 5) is 18.4. The second-order valence-electron chi connectivity index (χ2n) is 7.28. The molecule has 0 atom stereocenters. The molecule has 7 heteroatoms. The maximum absolute atomic E-state index is 10.4. The van der Waals surface area contributed by atoms with Gasteiger partial charge in [0.2, 0.25) is 0 Å². The number of phenols is 2. The molecule has 0 bridgehead atoms. The van der Waals surface area contributed by atoms with Gasteiger partial charge in [-0.3, -0.25) is 4.79 Å². The van der Waals surface area contributed by atoms with Gasteiger partial charge < -0.3 is 15.3 Å². The number of phenolic OH excluding ortho intramolecular Hbond substituents is 2. The maximum atomic E-state index is 10.4. The van der Waals surface area contributed by atoms with E-state index >= 15 is 0 Å². The number of aromatic hydroxyl groups is 2. The molecule has 4 rings (SSSR count). The zero-order valence-electron chi connectivity index (χ0n) is 18.5. The molecule has 2 heterocycles. The van der Waals surface area contributed by atoms with E-state index in [2.05, 4.69) is 0 Å². The maximum Gasteiger partial charge on any atom is 0.300 e. The first kappa shape index (κ1) is 25.6. The third-order valence-electron chi connectivity index (χ3n) is 4.79. The predicted octanol–water partition coefficient (Wildman–Crippen LogP) is 5.59. The Hall–Kier alpha value is -3.67. The molecule has 169 valence electrons. The van der Waals surface area contributed by atoms with Crippen molar-refractivity contribution in [2.45, 2.75) is 20.8 Å². The van der Waals surface area contributed by atoms with Crippen LogP contribution in [0, 0.1) is 13.8 Å². The smallest absolute Gasteiger partial charge is 0.300 e. The summed E-state index contributed by atoms with van der Waals surface area (Å²) in [5.74, 6) is -0.364. The molecule has 1 radical (unpaired) electrons. The molecule has 0 amide bonds. The Morgan fingerprint density at radius 2 is 0.939 bits per heavy atom. The van der Waals surface area contributed by atoms with Crippen molar-refractivity contribution in [2.75, 3.05) is 0 Å². The molecular formula is C26H24MnN2O4. The first-order chi connectivity index (χ1) is 15.3. The van der Waals surface area contributed by atoms with Crippen LogP contribution in [0.4, 0.5) is 0 Å². The summed E-state index contributed by atoms with van der Waals surface area (Å²) < 4.78 is 0. The molecule has 0 saturated heterocycles. The van der Waals surface area contributed by atoms with Gasteiger partial charge in [0.25, 0.3) is 5.97 Å². The first-order valence-electron chi connectivity index (χ1n) is 10.00. The Morgan fingerprint density at radius 1 is 0.636 bits per heavy atom. The Kier molecular flexibility index (Phi) is 8.74. The number of nitrogens with zero attached hydrogens (tertiary/aromatic N) is 2. The molecule has 4 aromatic rings. The van der Waals surface area contributed by atoms with Crippen molar-refractivity contribution in [3.63, 3.8) is 0 Å². The van der Waals surface area contributed by atoms with Crippen LogP contribution >= 0.6 is 0 Å². The summed E-state index contributed by atoms with van der Waals surface area (Å²) in [7, 11) is 0. The van der Waals surface area contributed by atoms with Crippen molar-refractivity contribution < 1.29 is 37.2 Å². The molecule has 0 aliphatic carbocycles. The number of rotatable bonds is 3. The van der Waals surface area contributed by atoms with Gasteiger partial charge in [-0.2, -0.15) is 0 Å². The monoisotopic (exact) mass is 483 g/mol. The minimum atomic E-state index is -0.833. The molecule has 0 aliphatic rings. The van der Waals surface area contributed by atoms with E-state index in [0.717, 1.165) is 18.1 Å². The summed E-state index contributed by atoms with van der Waals surface area (Å²) in [6.45, 7) is 4.81. The standard InChI is InChI=1S/C24H20N2O2.C2H4O2.Mn/c1-15-7-3-9-17(23(15)27)19-11-5-13-21(25-19)22-14-6-12-20(26-22)18-10-4-8-16(2)24(18)28;1-2(3)4;/h3-14,27-28H,1-2H3;1H3,(H,3,4);. The van der Waals surface area contributed by atoms with Gasteiger partial charge in [-0.1, -0.05) is 36.4 Å². The number of pyridine rings is 2. The zero-order chi connectivity index (χ0) is 23.3. The van der Waals surface area contributed by atoms with Gasteiger partial charge >= 0.3 is 0 Å². The van der Waals surface area contributed by atoms with Gasteiger partial charge in [-0.15, -0.1) is 0 Å². The van der Waals surface area contributed by atoms with Crippen molar-refractivity contribution in [3.05, 3.63) is 83.9 Å². The summed E-state index contributed by atoms with van der Waals surface area (Å²) in [6.07, 6.45) is 0. The average molecular weight is 483 g/mol. The largest absolute Gasteiger partial charge is 0.507 e. The third kappa shape index (κ3) is 6.19. The Labute approximate surface area is 203 Å². The van der Waals surface area contributed by atoms with Gasteiger partial charge in [0, 0.05) is 35.1 Å². The predicted molar refractivity (Wildman–Crippen MR) is 124 cm³/mol. The SMILES string of the molecule is CC(=O)O.Cc1cccc(-c2cccc(-c3cccc(-c4cccc(C)c4O)n3)n2)c1O.[Mn]. The molecule has 0 unspecified atom stereocenters. The van der Waals surface area contributed by atoms with Crippen LogP contribution in [0.1, 0.15) is 18.1 Å². The van der Waals surface area contributed by atoms with E-state index in [0.29, 0.717) is 33.9 Å². The van der Waals surface area contributed by atoms with E-state index in [1.165, 1.54) is 0 Å². The fourth-order valence-corrected chi connectivity index (χ4v) is 3.19. The summed E-state index contributed by atoms with van der Waals surface area (Å²) in [5, 5.41) is 28.2. The number of hydrogen-bond donors (Lipinski definition) is 3. The third-order valence-corrected chi connectivity index (χ3v) is 4.79. The quantitative estimate of drug-likeness (QED) is 0.328. The van der Waals surface area contributed by atoms with Crippen LogP contribution in [0.5, 0.6) is 11.5 Å². The molecule has 6 nitrogen and oxygen atoms in total. The molecule has 2 aromatic heterocycles. The molecule has 3 N–H and O–H groups in total. The van der Waals surface area contributed by atoms with E-state index in [1.807, 2.05) is 86.6 Å². The molecule has 0 saturated carbocycles. The molecule has 2 aromatic carbocycles. The summed E-state index contributed by atoms with van der Waals surface area (Å²) in [5.41, 5.74) is 5.76. The van der Waals surface area contributed by atoms with E-state index in [1.54, 1.807) is 0 Å². The van der Waals surface area contributed by atoms with Crippen molar-refractivity contribution in [2.24, 2.45) is 0 Å². The summed E-state index contributed by atoms with van der Waals surface area (Å²) >= 11 is 0. The van der Waals surface area contributed by atoms with Crippen LogP contribution in [0.25, 0.3) is 33.9 Å². The van der Waals surface area contributed by atoms with Gasteiger partial charge in [0.15, 0.2) is 0 Å². The summed E-state index contributed by atoms with van der Waals surface area (Å²) in [6, 6.07) is 22.5. The number of hydrogen-bond acceptors (Lipinski definition) is 5. The van der Waals surface area contributed by atoms with Gasteiger partial charge in [0.05, 0.1) is 22.8 Å². The van der Waals surface area contributed by atoms with Crippen LogP contribution in [0.3, 0.4) is 0 Å². The number of carbonyl (C=O) groups is 1. The molecular weight excluding hydrogens is 459 g/mol. The molecule has 0 aliphatic heterocycles. The van der Waals surface area contributed by atoms with Crippen molar-refractivity contribution in [1.82, 2.24) is 9.97 Å². The Bertz CT molecular complexity index is 1180. The van der Waals surface area contributed by atoms with E-state index in [9.17, 15) is 10.2 Å². The number of carboxylic acids is 1.